The van der Waals surface area contributed by atoms with Crippen LogP contribution in [-0.4, -0.2) is 0 Å². The molecule has 0 nitrogen and oxygen atoms in total. The van der Waals surface area contributed by atoms with Gasteiger partial charge in [0.15, 0.2) is 0 Å². The molecule has 2 aromatic rings. The molecule has 1 aromatic heterocycles. The van der Waals surface area contributed by atoms with Crippen LogP contribution in [0.15, 0.2) is 24.3 Å². The second kappa shape index (κ2) is 3.79. The molecule has 0 N–H and O–H groups in total. The molecule has 80 valence electrons. The van der Waals surface area contributed by atoms with Crippen molar-refractivity contribution in [2.45, 2.75) is 11.5 Å². The molecule has 0 unspecified atom stereocenters. The Morgan fingerprint density at radius 1 is 1.20 bits per heavy atom. The molecular weight excluding hydrogens is 289 g/mol. The Bertz CT molecular complexity index is 487. The summed E-state index contributed by atoms with van der Waals surface area (Å²) in [6, 6.07) is 5.62. The van der Waals surface area contributed by atoms with Gasteiger partial charge in [0, 0.05) is 14.9 Å². The van der Waals surface area contributed by atoms with E-state index in [2.05, 4.69) is 15.9 Å². The zero-order valence-electron chi connectivity index (χ0n) is 7.44. The van der Waals surface area contributed by atoms with Gasteiger partial charge in [0.05, 0.1) is 5.56 Å². The van der Waals surface area contributed by atoms with Gasteiger partial charge < -0.3 is 0 Å². The molecule has 15 heavy (non-hydrogen) atoms. The molecule has 0 aliphatic rings. The minimum absolute atomic E-state index is 0.589. The largest absolute Gasteiger partial charge is 0.416 e. The average molecular weight is 295 g/mol. The third-order valence-electron chi connectivity index (χ3n) is 2.03. The topological polar surface area (TPSA) is 0 Å². The first-order chi connectivity index (χ1) is 7.00. The van der Waals surface area contributed by atoms with Crippen molar-refractivity contribution in [3.05, 3.63) is 34.7 Å². The summed E-state index contributed by atoms with van der Waals surface area (Å²) in [7, 11) is 0. The molecule has 0 saturated heterocycles. The lowest BCUT2D eigenvalue weighted by atomic mass is 10.1. The van der Waals surface area contributed by atoms with Crippen LogP contribution in [0.1, 0.15) is 10.4 Å². The van der Waals surface area contributed by atoms with Crippen molar-refractivity contribution in [2.75, 3.05) is 0 Å². The van der Waals surface area contributed by atoms with Crippen molar-refractivity contribution >= 4 is 37.4 Å². The van der Waals surface area contributed by atoms with Crippen molar-refractivity contribution in [1.29, 1.82) is 0 Å². The molecule has 0 aliphatic carbocycles. The highest BCUT2D eigenvalue weighted by Gasteiger charge is 2.30. The fourth-order valence-corrected chi connectivity index (χ4v) is 2.74. The summed E-state index contributed by atoms with van der Waals surface area (Å²) in [5.41, 5.74) is -0.589. The first-order valence-corrected chi connectivity index (χ1v) is 6.10. The minimum Gasteiger partial charge on any atom is -0.166 e. The maximum atomic E-state index is 12.4. The maximum Gasteiger partial charge on any atom is 0.416 e. The fourth-order valence-electron chi connectivity index (χ4n) is 1.34. The van der Waals surface area contributed by atoms with Crippen LogP contribution in [0.2, 0.25) is 0 Å². The zero-order chi connectivity index (χ0) is 11.1. The van der Waals surface area contributed by atoms with Crippen molar-refractivity contribution in [3.8, 4) is 0 Å². The number of halogens is 4. The second-order valence-electron chi connectivity index (χ2n) is 3.10. The van der Waals surface area contributed by atoms with E-state index in [4.69, 9.17) is 0 Å². The van der Waals surface area contributed by atoms with Crippen LogP contribution in [0.3, 0.4) is 0 Å². The molecule has 5 heteroatoms. The van der Waals surface area contributed by atoms with E-state index >= 15 is 0 Å². The van der Waals surface area contributed by atoms with Gasteiger partial charge in [0.2, 0.25) is 0 Å². The normalized spacial score (nSPS) is 12.3. The van der Waals surface area contributed by atoms with E-state index < -0.39 is 11.7 Å². The zero-order valence-corrected chi connectivity index (χ0v) is 9.84. The standard InChI is InChI=1S/C10H6BrF3S/c11-5-8-4-6-3-7(10(12,13)14)1-2-9(6)15-8/h1-4H,5H2. The van der Waals surface area contributed by atoms with E-state index in [1.165, 1.54) is 23.5 Å². The number of thiophene rings is 1. The van der Waals surface area contributed by atoms with E-state index in [9.17, 15) is 13.2 Å². The Morgan fingerprint density at radius 2 is 1.93 bits per heavy atom. The lowest BCUT2D eigenvalue weighted by Crippen LogP contribution is -2.03. The number of benzene rings is 1. The molecule has 0 bridgehead atoms. The molecule has 0 atom stereocenters. The van der Waals surface area contributed by atoms with E-state index in [1.807, 2.05) is 0 Å². The van der Waals surface area contributed by atoms with Gasteiger partial charge in [0.25, 0.3) is 0 Å². The average Bonchev–Trinajstić information content (AvgIpc) is 2.57. The summed E-state index contributed by atoms with van der Waals surface area (Å²) in [5, 5.41) is 1.33. The van der Waals surface area contributed by atoms with Crippen LogP contribution in [0.4, 0.5) is 13.2 Å². The number of alkyl halides is 4. The third-order valence-corrected chi connectivity index (χ3v) is 4.12. The van der Waals surface area contributed by atoms with Crippen molar-refractivity contribution in [2.24, 2.45) is 0 Å². The molecule has 0 saturated carbocycles. The molecular formula is C10H6BrF3S. The number of fused-ring (bicyclic) bond motifs is 1. The van der Waals surface area contributed by atoms with Gasteiger partial charge in [-0.25, -0.2) is 0 Å². The Balaban J connectivity index is 2.55. The number of rotatable bonds is 1. The second-order valence-corrected chi connectivity index (χ2v) is 4.83. The molecule has 0 amide bonds. The van der Waals surface area contributed by atoms with E-state index in [0.29, 0.717) is 10.7 Å². The first-order valence-electron chi connectivity index (χ1n) is 4.16. The van der Waals surface area contributed by atoms with Crippen LogP contribution in [0.5, 0.6) is 0 Å². The van der Waals surface area contributed by atoms with Gasteiger partial charge in [-0.3, -0.25) is 0 Å². The molecule has 0 aliphatic heterocycles. The highest BCUT2D eigenvalue weighted by Crippen LogP contribution is 2.34. The number of hydrogen-bond acceptors (Lipinski definition) is 1. The Hall–Kier alpha value is -0.550. The van der Waals surface area contributed by atoms with E-state index in [1.54, 1.807) is 6.07 Å². The Morgan fingerprint density at radius 3 is 2.53 bits per heavy atom. The van der Waals surface area contributed by atoms with Crippen molar-refractivity contribution in [1.82, 2.24) is 0 Å². The lowest BCUT2D eigenvalue weighted by Gasteiger charge is -2.05. The van der Waals surface area contributed by atoms with E-state index in [-0.39, 0.29) is 0 Å². The smallest absolute Gasteiger partial charge is 0.166 e. The minimum atomic E-state index is -4.26. The molecule has 1 heterocycles. The van der Waals surface area contributed by atoms with Gasteiger partial charge in [-0.1, -0.05) is 15.9 Å². The SMILES string of the molecule is FC(F)(F)c1ccc2sc(CBr)cc2c1. The van der Waals surface area contributed by atoms with Crippen LogP contribution in [-0.2, 0) is 11.5 Å². The van der Waals surface area contributed by atoms with Gasteiger partial charge in [-0.05, 0) is 29.7 Å². The third kappa shape index (κ3) is 2.18. The van der Waals surface area contributed by atoms with Gasteiger partial charge in [-0.15, -0.1) is 11.3 Å². The predicted molar refractivity (Wildman–Crippen MR) is 59.5 cm³/mol. The highest BCUT2D eigenvalue weighted by molar-refractivity contribution is 9.08. The van der Waals surface area contributed by atoms with Gasteiger partial charge >= 0.3 is 6.18 Å². The fraction of sp³-hybridized carbons (Fsp3) is 0.200. The summed E-state index contributed by atoms with van der Waals surface area (Å²) < 4.78 is 38.1. The van der Waals surface area contributed by atoms with Crippen LogP contribution in [0.25, 0.3) is 10.1 Å². The molecule has 1 aromatic carbocycles. The maximum absolute atomic E-state index is 12.4. The number of hydrogen-bond donors (Lipinski definition) is 0. The molecule has 0 spiro atoms. The van der Waals surface area contributed by atoms with E-state index in [0.717, 1.165) is 15.6 Å². The molecule has 0 fully saturated rings. The predicted octanol–water partition coefficient (Wildman–Crippen LogP) is 4.82. The van der Waals surface area contributed by atoms with Gasteiger partial charge in [-0.2, -0.15) is 13.2 Å². The Labute approximate surface area is 96.8 Å². The summed E-state index contributed by atoms with van der Waals surface area (Å²) in [4.78, 5) is 1.03. The van der Waals surface area contributed by atoms with Crippen LogP contribution >= 0.6 is 27.3 Å². The summed E-state index contributed by atoms with van der Waals surface area (Å²) >= 11 is 4.78. The molecule has 0 radical (unpaired) electrons. The Kier molecular flexibility index (Phi) is 2.77. The van der Waals surface area contributed by atoms with Crippen molar-refractivity contribution in [3.63, 3.8) is 0 Å². The summed E-state index contributed by atoms with van der Waals surface area (Å²) in [6.07, 6.45) is -4.26. The monoisotopic (exact) mass is 294 g/mol. The van der Waals surface area contributed by atoms with Gasteiger partial charge in [0.1, 0.15) is 0 Å². The summed E-state index contributed by atoms with van der Waals surface area (Å²) in [6.45, 7) is 0. The lowest BCUT2D eigenvalue weighted by molar-refractivity contribution is -0.137. The van der Waals surface area contributed by atoms with Crippen LogP contribution in [0, 0.1) is 0 Å². The van der Waals surface area contributed by atoms with Crippen LogP contribution < -0.4 is 0 Å². The quantitative estimate of drug-likeness (QED) is 0.662. The first kappa shape index (κ1) is 11.0. The van der Waals surface area contributed by atoms with Crippen molar-refractivity contribution < 1.29 is 13.2 Å². The highest BCUT2D eigenvalue weighted by atomic mass is 79.9. The molecule has 2 rings (SSSR count). The summed E-state index contributed by atoms with van der Waals surface area (Å²) in [5.74, 6) is 0.